The van der Waals surface area contributed by atoms with Crippen molar-refractivity contribution in [3.8, 4) is 0 Å². The summed E-state index contributed by atoms with van der Waals surface area (Å²) in [5.41, 5.74) is 2.07. The van der Waals surface area contributed by atoms with Crippen molar-refractivity contribution in [3.05, 3.63) is 96.1 Å². The van der Waals surface area contributed by atoms with Crippen molar-refractivity contribution in [2.45, 2.75) is 10.9 Å². The first-order valence-corrected chi connectivity index (χ1v) is 9.62. The van der Waals surface area contributed by atoms with Crippen LogP contribution in [0.15, 0.2) is 89.8 Å². The number of benzene rings is 3. The lowest BCUT2D eigenvalue weighted by Crippen LogP contribution is -2.33. The first kappa shape index (κ1) is 18.6. The molecule has 0 heterocycles. The minimum absolute atomic E-state index is 0.252. The van der Waals surface area contributed by atoms with Crippen molar-refractivity contribution in [2.24, 2.45) is 0 Å². The maximum atomic E-state index is 12.5. The Morgan fingerprint density at radius 1 is 0.815 bits per heavy atom. The van der Waals surface area contributed by atoms with E-state index in [-0.39, 0.29) is 16.6 Å². The molecule has 0 bridgehead atoms. The molecule has 138 valence electrons. The van der Waals surface area contributed by atoms with Gasteiger partial charge in [-0.1, -0.05) is 66.7 Å². The maximum Gasteiger partial charge on any atom is 0.319 e. The molecule has 0 aliphatic carbocycles. The predicted molar refractivity (Wildman–Crippen MR) is 103 cm³/mol. The highest BCUT2D eigenvalue weighted by Gasteiger charge is 2.17. The summed E-state index contributed by atoms with van der Waals surface area (Å²) in [4.78, 5) is 12.2. The van der Waals surface area contributed by atoms with Gasteiger partial charge in [-0.3, -0.25) is 4.55 Å². The number of amides is 2. The van der Waals surface area contributed by atoms with E-state index in [0.717, 1.165) is 11.1 Å². The van der Waals surface area contributed by atoms with Gasteiger partial charge in [-0.25, -0.2) is 4.79 Å². The van der Waals surface area contributed by atoms with Crippen LogP contribution >= 0.6 is 0 Å². The largest absolute Gasteiger partial charge is 0.327 e. The summed E-state index contributed by atoms with van der Waals surface area (Å²) in [7, 11) is -4.34. The van der Waals surface area contributed by atoms with E-state index in [1.165, 1.54) is 24.3 Å². The predicted octanol–water partition coefficient (Wildman–Crippen LogP) is 3.84. The Bertz CT molecular complexity index is 983. The molecule has 0 spiro atoms. The van der Waals surface area contributed by atoms with E-state index in [0.29, 0.717) is 0 Å². The van der Waals surface area contributed by atoms with Crippen molar-refractivity contribution in [3.63, 3.8) is 0 Å². The summed E-state index contributed by atoms with van der Waals surface area (Å²) >= 11 is 0. The molecule has 0 aromatic heterocycles. The lowest BCUT2D eigenvalue weighted by molar-refractivity contribution is 0.250. The van der Waals surface area contributed by atoms with Crippen molar-refractivity contribution in [1.29, 1.82) is 0 Å². The second kappa shape index (κ2) is 8.03. The van der Waals surface area contributed by atoms with Gasteiger partial charge in [-0.2, -0.15) is 8.42 Å². The van der Waals surface area contributed by atoms with Crippen molar-refractivity contribution < 1.29 is 17.8 Å². The van der Waals surface area contributed by atoms with Gasteiger partial charge in [-0.05, 0) is 29.3 Å². The van der Waals surface area contributed by atoms with Gasteiger partial charge in [0.1, 0.15) is 0 Å². The highest BCUT2D eigenvalue weighted by molar-refractivity contribution is 7.85. The molecule has 7 heteroatoms. The second-order valence-corrected chi connectivity index (χ2v) is 7.28. The Morgan fingerprint density at radius 2 is 1.37 bits per heavy atom. The molecule has 27 heavy (non-hydrogen) atoms. The van der Waals surface area contributed by atoms with Gasteiger partial charge in [0.15, 0.2) is 0 Å². The van der Waals surface area contributed by atoms with Gasteiger partial charge in [0.25, 0.3) is 10.1 Å². The fourth-order valence-corrected chi connectivity index (χ4v) is 3.21. The van der Waals surface area contributed by atoms with Crippen molar-refractivity contribution in [1.82, 2.24) is 5.32 Å². The molecule has 6 nitrogen and oxygen atoms in total. The third kappa shape index (κ3) is 4.93. The average Bonchev–Trinajstić information content (AvgIpc) is 2.67. The van der Waals surface area contributed by atoms with Crippen molar-refractivity contribution in [2.75, 3.05) is 5.32 Å². The van der Waals surface area contributed by atoms with Gasteiger partial charge in [0, 0.05) is 5.69 Å². The SMILES string of the molecule is O=C(Nc1cccc(S(=O)(=O)O)c1)NC(c1ccccc1)c1ccccc1. The highest BCUT2D eigenvalue weighted by Crippen LogP contribution is 2.22. The molecule has 3 rings (SSSR count). The number of hydrogen-bond donors (Lipinski definition) is 3. The average molecular weight is 382 g/mol. The standard InChI is InChI=1S/C20H18N2O4S/c23-20(21-17-12-7-13-18(14-17)27(24,25)26)22-19(15-8-3-1-4-9-15)16-10-5-2-6-11-16/h1-14,19H,(H2,21,22,23)(H,24,25,26). The zero-order valence-corrected chi connectivity index (χ0v) is 15.1. The van der Waals surface area contributed by atoms with Gasteiger partial charge in [-0.15, -0.1) is 0 Å². The number of hydrogen-bond acceptors (Lipinski definition) is 3. The summed E-state index contributed by atoms with van der Waals surface area (Å²) in [6.45, 7) is 0. The van der Waals surface area contributed by atoms with Gasteiger partial charge in [0.2, 0.25) is 0 Å². The summed E-state index contributed by atoms with van der Waals surface area (Å²) < 4.78 is 31.6. The third-order valence-electron chi connectivity index (χ3n) is 3.93. The topological polar surface area (TPSA) is 95.5 Å². The second-order valence-electron chi connectivity index (χ2n) is 5.86. The normalized spacial score (nSPS) is 11.2. The van der Waals surface area contributed by atoms with Crippen LogP contribution in [0.4, 0.5) is 10.5 Å². The first-order valence-electron chi connectivity index (χ1n) is 8.18. The number of anilines is 1. The lowest BCUT2D eigenvalue weighted by Gasteiger charge is -2.20. The van der Waals surface area contributed by atoms with Crippen LogP contribution in [0.25, 0.3) is 0 Å². The van der Waals surface area contributed by atoms with Crippen LogP contribution in [-0.4, -0.2) is 19.0 Å². The molecule has 3 aromatic rings. The molecule has 0 atom stereocenters. The van der Waals surface area contributed by atoms with E-state index in [1.807, 2.05) is 60.7 Å². The molecule has 0 radical (unpaired) electrons. The van der Waals surface area contributed by atoms with Crippen LogP contribution in [0.2, 0.25) is 0 Å². The minimum atomic E-state index is -4.34. The summed E-state index contributed by atoms with van der Waals surface area (Å²) in [5, 5.41) is 5.49. The quantitative estimate of drug-likeness (QED) is 0.584. The first-order chi connectivity index (χ1) is 12.9. The zero-order valence-electron chi connectivity index (χ0n) is 14.2. The molecule has 3 aromatic carbocycles. The van der Waals surface area contributed by atoms with Crippen LogP contribution in [0.5, 0.6) is 0 Å². The Hall–Kier alpha value is -3.16. The van der Waals surface area contributed by atoms with Crippen LogP contribution in [0, 0.1) is 0 Å². The van der Waals surface area contributed by atoms with Gasteiger partial charge >= 0.3 is 6.03 Å². The fraction of sp³-hybridized carbons (Fsp3) is 0.0500. The van der Waals surface area contributed by atoms with Crippen LogP contribution in [-0.2, 0) is 10.1 Å². The van der Waals surface area contributed by atoms with E-state index in [4.69, 9.17) is 4.55 Å². The summed E-state index contributed by atoms with van der Waals surface area (Å²) in [6, 6.07) is 23.5. The molecule has 0 saturated heterocycles. The van der Waals surface area contributed by atoms with Gasteiger partial charge in [0.05, 0.1) is 10.9 Å². The van der Waals surface area contributed by atoms with Crippen LogP contribution < -0.4 is 10.6 Å². The third-order valence-corrected chi connectivity index (χ3v) is 4.78. The number of carbonyl (C=O) groups excluding carboxylic acids is 1. The summed E-state index contributed by atoms with van der Waals surface area (Å²) in [5.74, 6) is 0. The zero-order chi connectivity index (χ0) is 19.3. The number of rotatable bonds is 5. The maximum absolute atomic E-state index is 12.5. The van der Waals surface area contributed by atoms with E-state index >= 15 is 0 Å². The van der Waals surface area contributed by atoms with E-state index in [1.54, 1.807) is 0 Å². The molecule has 0 unspecified atom stereocenters. The fourth-order valence-electron chi connectivity index (χ4n) is 2.68. The lowest BCUT2D eigenvalue weighted by atomic mass is 9.99. The number of nitrogens with one attached hydrogen (secondary N) is 2. The van der Waals surface area contributed by atoms with E-state index in [9.17, 15) is 13.2 Å². The number of urea groups is 1. The molecule has 0 saturated carbocycles. The van der Waals surface area contributed by atoms with Crippen LogP contribution in [0.3, 0.4) is 0 Å². The Morgan fingerprint density at radius 3 is 1.89 bits per heavy atom. The van der Waals surface area contributed by atoms with E-state index < -0.39 is 16.1 Å². The monoisotopic (exact) mass is 382 g/mol. The molecule has 0 fully saturated rings. The molecule has 0 aliphatic heterocycles. The van der Waals surface area contributed by atoms with E-state index in [2.05, 4.69) is 10.6 Å². The Kier molecular flexibility index (Phi) is 5.54. The molecule has 2 amide bonds. The Labute approximate surface area is 157 Å². The summed E-state index contributed by atoms with van der Waals surface area (Å²) in [6.07, 6.45) is 0. The molecule has 0 aliphatic rings. The molecular formula is C20H18N2O4S. The smallest absolute Gasteiger partial charge is 0.319 e. The minimum Gasteiger partial charge on any atom is -0.327 e. The molecular weight excluding hydrogens is 364 g/mol. The molecule has 3 N–H and O–H groups in total. The van der Waals surface area contributed by atoms with Crippen molar-refractivity contribution >= 4 is 21.8 Å². The van der Waals surface area contributed by atoms with Gasteiger partial charge < -0.3 is 10.6 Å². The van der Waals surface area contributed by atoms with Crippen LogP contribution in [0.1, 0.15) is 17.2 Å². The number of carbonyl (C=O) groups is 1. The highest BCUT2D eigenvalue weighted by atomic mass is 32.2. The Balaban J connectivity index is 1.82.